The fraction of sp³-hybridized carbons (Fsp3) is 0.412. The van der Waals surface area contributed by atoms with Crippen LogP contribution in [0.25, 0.3) is 11.4 Å². The molecule has 122 valence electrons. The van der Waals surface area contributed by atoms with Crippen molar-refractivity contribution in [2.75, 3.05) is 13.1 Å². The van der Waals surface area contributed by atoms with Gasteiger partial charge in [0.15, 0.2) is 10.6 Å². The van der Waals surface area contributed by atoms with Crippen molar-refractivity contribution in [1.29, 1.82) is 0 Å². The Balaban J connectivity index is 1.89. The molecular formula is C17H22N4OS. The van der Waals surface area contributed by atoms with Crippen LogP contribution in [-0.2, 0) is 13.2 Å². The minimum absolute atomic E-state index is 0.169. The van der Waals surface area contributed by atoms with Gasteiger partial charge in [0.05, 0.1) is 12.8 Å². The van der Waals surface area contributed by atoms with Crippen molar-refractivity contribution in [2.45, 2.75) is 32.2 Å². The molecule has 0 radical (unpaired) electrons. The van der Waals surface area contributed by atoms with E-state index in [1.807, 2.05) is 45.7 Å². The van der Waals surface area contributed by atoms with Crippen LogP contribution in [-0.4, -0.2) is 43.5 Å². The summed E-state index contributed by atoms with van der Waals surface area (Å²) in [5.74, 6) is 0.868. The highest BCUT2D eigenvalue weighted by Gasteiger charge is 2.19. The van der Waals surface area contributed by atoms with Gasteiger partial charge in [0.1, 0.15) is 0 Å². The molecule has 3 rings (SSSR count). The van der Waals surface area contributed by atoms with Gasteiger partial charge >= 0.3 is 0 Å². The Kier molecular flexibility index (Phi) is 5.05. The molecule has 1 N–H and O–H groups in total. The van der Waals surface area contributed by atoms with E-state index < -0.39 is 0 Å². The van der Waals surface area contributed by atoms with Crippen LogP contribution in [0.2, 0.25) is 0 Å². The number of benzene rings is 1. The maximum absolute atomic E-state index is 9.63. The SMILES string of the molecule is C=CCn1c(-c2ccccc2)nn(CN2CCC(O)CC2)c1=S. The Bertz CT molecular complexity index is 714. The van der Waals surface area contributed by atoms with Crippen LogP contribution in [0.4, 0.5) is 0 Å². The van der Waals surface area contributed by atoms with Crippen molar-refractivity contribution in [3.05, 3.63) is 47.8 Å². The number of allylic oxidation sites excluding steroid dienone is 1. The molecule has 5 nitrogen and oxygen atoms in total. The average molecular weight is 330 g/mol. The molecule has 1 aromatic carbocycles. The summed E-state index contributed by atoms with van der Waals surface area (Å²) >= 11 is 5.61. The molecule has 0 amide bonds. The van der Waals surface area contributed by atoms with Crippen LogP contribution in [0.3, 0.4) is 0 Å². The number of aliphatic hydroxyl groups excluding tert-OH is 1. The zero-order valence-electron chi connectivity index (χ0n) is 13.1. The second kappa shape index (κ2) is 7.21. The molecule has 1 saturated heterocycles. The zero-order chi connectivity index (χ0) is 16.2. The summed E-state index contributed by atoms with van der Waals surface area (Å²) in [6, 6.07) is 10.1. The lowest BCUT2D eigenvalue weighted by Crippen LogP contribution is -2.37. The van der Waals surface area contributed by atoms with Crippen LogP contribution < -0.4 is 0 Å². The van der Waals surface area contributed by atoms with Gasteiger partial charge in [-0.3, -0.25) is 9.47 Å². The van der Waals surface area contributed by atoms with Crippen molar-refractivity contribution in [3.63, 3.8) is 0 Å². The first-order chi connectivity index (χ1) is 11.2. The van der Waals surface area contributed by atoms with Crippen LogP contribution in [0, 0.1) is 4.77 Å². The third kappa shape index (κ3) is 3.60. The Morgan fingerprint density at radius 2 is 1.96 bits per heavy atom. The van der Waals surface area contributed by atoms with Crippen molar-refractivity contribution >= 4 is 12.2 Å². The summed E-state index contributed by atoms with van der Waals surface area (Å²) in [5, 5.41) is 14.4. The van der Waals surface area contributed by atoms with E-state index >= 15 is 0 Å². The van der Waals surface area contributed by atoms with Crippen LogP contribution >= 0.6 is 12.2 Å². The number of hydrogen-bond donors (Lipinski definition) is 1. The highest BCUT2D eigenvalue weighted by atomic mass is 32.1. The van der Waals surface area contributed by atoms with Gasteiger partial charge in [0.25, 0.3) is 0 Å². The number of hydrogen-bond acceptors (Lipinski definition) is 4. The molecule has 0 atom stereocenters. The van der Waals surface area contributed by atoms with E-state index in [-0.39, 0.29) is 6.10 Å². The molecule has 2 aromatic rings. The van der Waals surface area contributed by atoms with Gasteiger partial charge in [-0.1, -0.05) is 36.4 Å². The lowest BCUT2D eigenvalue weighted by molar-refractivity contribution is 0.0650. The van der Waals surface area contributed by atoms with Gasteiger partial charge in [0.2, 0.25) is 0 Å². The maximum atomic E-state index is 9.63. The quantitative estimate of drug-likeness (QED) is 0.676. The molecule has 23 heavy (non-hydrogen) atoms. The van der Waals surface area contributed by atoms with E-state index in [9.17, 15) is 5.11 Å². The van der Waals surface area contributed by atoms with Gasteiger partial charge in [-0.05, 0) is 25.1 Å². The monoisotopic (exact) mass is 330 g/mol. The standard InChI is InChI=1S/C17H22N4OS/c1-2-10-20-16(14-6-4-3-5-7-14)18-21(17(20)23)13-19-11-8-15(22)9-12-19/h2-7,15,22H,1,8-13H2. The van der Waals surface area contributed by atoms with E-state index in [1.165, 1.54) is 0 Å². The summed E-state index contributed by atoms with van der Waals surface area (Å²) in [5.41, 5.74) is 1.05. The second-order valence-corrected chi connectivity index (χ2v) is 6.23. The van der Waals surface area contributed by atoms with Gasteiger partial charge in [-0.25, -0.2) is 4.68 Å². The first-order valence-electron chi connectivity index (χ1n) is 7.93. The van der Waals surface area contributed by atoms with Crippen LogP contribution in [0.5, 0.6) is 0 Å². The zero-order valence-corrected chi connectivity index (χ0v) is 14.0. The normalized spacial score (nSPS) is 16.6. The van der Waals surface area contributed by atoms with Gasteiger partial charge in [0, 0.05) is 25.2 Å². The molecule has 2 heterocycles. The molecule has 0 aliphatic carbocycles. The topological polar surface area (TPSA) is 46.2 Å². The summed E-state index contributed by atoms with van der Waals surface area (Å²) in [4.78, 5) is 2.28. The van der Waals surface area contributed by atoms with Gasteiger partial charge < -0.3 is 5.11 Å². The summed E-state index contributed by atoms with van der Waals surface area (Å²) in [7, 11) is 0. The van der Waals surface area contributed by atoms with Gasteiger partial charge in [-0.2, -0.15) is 5.10 Å². The number of rotatable bonds is 5. The van der Waals surface area contributed by atoms with E-state index in [4.69, 9.17) is 17.3 Å². The van der Waals surface area contributed by atoms with E-state index in [1.54, 1.807) is 0 Å². The molecule has 6 heteroatoms. The number of aromatic nitrogens is 3. The van der Waals surface area contributed by atoms with E-state index in [2.05, 4.69) is 11.5 Å². The lowest BCUT2D eigenvalue weighted by atomic mass is 10.1. The Hall–Kier alpha value is -1.76. The molecule has 0 spiro atoms. The van der Waals surface area contributed by atoms with E-state index in [0.717, 1.165) is 37.3 Å². The maximum Gasteiger partial charge on any atom is 0.199 e. The summed E-state index contributed by atoms with van der Waals surface area (Å²) in [6.45, 7) is 6.87. The third-order valence-electron chi connectivity index (χ3n) is 4.16. The van der Waals surface area contributed by atoms with Gasteiger partial charge in [-0.15, -0.1) is 6.58 Å². The molecule has 0 unspecified atom stereocenters. The number of nitrogens with zero attached hydrogens (tertiary/aromatic N) is 4. The Morgan fingerprint density at radius 3 is 2.61 bits per heavy atom. The minimum Gasteiger partial charge on any atom is -0.393 e. The van der Waals surface area contributed by atoms with Crippen molar-refractivity contribution < 1.29 is 5.11 Å². The number of piperidine rings is 1. The lowest BCUT2D eigenvalue weighted by Gasteiger charge is -2.28. The number of aliphatic hydroxyl groups is 1. The Morgan fingerprint density at radius 1 is 1.26 bits per heavy atom. The van der Waals surface area contributed by atoms with Crippen molar-refractivity contribution in [1.82, 2.24) is 19.2 Å². The van der Waals surface area contributed by atoms with Crippen molar-refractivity contribution in [2.24, 2.45) is 0 Å². The molecule has 0 saturated carbocycles. The molecule has 1 aromatic heterocycles. The third-order valence-corrected chi connectivity index (χ3v) is 4.59. The van der Waals surface area contributed by atoms with Crippen LogP contribution in [0.15, 0.2) is 43.0 Å². The fourth-order valence-electron chi connectivity index (χ4n) is 2.88. The fourth-order valence-corrected chi connectivity index (χ4v) is 3.14. The summed E-state index contributed by atoms with van der Waals surface area (Å²) in [6.07, 6.45) is 3.29. The van der Waals surface area contributed by atoms with Crippen LogP contribution in [0.1, 0.15) is 12.8 Å². The molecule has 0 bridgehead atoms. The smallest absolute Gasteiger partial charge is 0.199 e. The molecular weight excluding hydrogens is 308 g/mol. The molecule has 1 aliphatic heterocycles. The molecule has 1 fully saturated rings. The predicted octanol–water partition coefficient (Wildman–Crippen LogP) is 2.68. The first kappa shape index (κ1) is 16.1. The summed E-state index contributed by atoms with van der Waals surface area (Å²) < 4.78 is 4.59. The van der Waals surface area contributed by atoms with E-state index in [0.29, 0.717) is 18.0 Å². The predicted molar refractivity (Wildman–Crippen MR) is 93.5 cm³/mol. The first-order valence-corrected chi connectivity index (χ1v) is 8.34. The average Bonchev–Trinajstić information content (AvgIpc) is 2.88. The second-order valence-electron chi connectivity index (χ2n) is 5.86. The Labute approximate surface area is 141 Å². The highest BCUT2D eigenvalue weighted by Crippen LogP contribution is 2.19. The molecule has 1 aliphatic rings. The largest absolute Gasteiger partial charge is 0.393 e. The highest BCUT2D eigenvalue weighted by molar-refractivity contribution is 7.71. The minimum atomic E-state index is -0.169. The van der Waals surface area contributed by atoms with Crippen molar-refractivity contribution in [3.8, 4) is 11.4 Å². The number of likely N-dealkylation sites (tertiary alicyclic amines) is 1.